The molecule has 4 bridgehead atoms. The molecule has 26 heavy (non-hydrogen) atoms. The van der Waals surface area contributed by atoms with Gasteiger partial charge < -0.3 is 10.6 Å². The third-order valence-corrected chi connectivity index (χ3v) is 7.38. The molecule has 4 aliphatic carbocycles. The Bertz CT molecular complexity index is 868. The van der Waals surface area contributed by atoms with Crippen LogP contribution in [0.5, 0.6) is 0 Å². The number of nitrogens with zero attached hydrogens (tertiary/aromatic N) is 1. The van der Waals surface area contributed by atoms with Crippen LogP contribution in [0.2, 0.25) is 0 Å². The van der Waals surface area contributed by atoms with Crippen LogP contribution in [-0.4, -0.2) is 16.8 Å². The molecule has 0 unspecified atom stereocenters. The molecule has 1 heterocycles. The summed E-state index contributed by atoms with van der Waals surface area (Å²) in [6, 6.07) is 5.64. The first-order valence-electron chi connectivity index (χ1n) is 9.49. The van der Waals surface area contributed by atoms with E-state index >= 15 is 0 Å². The lowest BCUT2D eigenvalue weighted by Crippen LogP contribution is -2.51. The average Bonchev–Trinajstić information content (AvgIpc) is 2.94. The first kappa shape index (κ1) is 16.2. The minimum Gasteiger partial charge on any atom is -0.326 e. The van der Waals surface area contributed by atoms with Crippen molar-refractivity contribution in [3.05, 3.63) is 18.2 Å². The predicted molar refractivity (Wildman–Crippen MR) is 103 cm³/mol. The monoisotopic (exact) mass is 369 g/mol. The van der Waals surface area contributed by atoms with E-state index in [9.17, 15) is 9.59 Å². The lowest BCUT2D eigenvalue weighted by molar-refractivity contribution is -0.140. The molecule has 1 aromatic carbocycles. The van der Waals surface area contributed by atoms with Crippen LogP contribution in [0.1, 0.15) is 45.4 Å². The lowest BCUT2D eigenvalue weighted by Gasteiger charge is -2.55. The van der Waals surface area contributed by atoms with E-state index in [4.69, 9.17) is 0 Å². The van der Waals surface area contributed by atoms with E-state index in [1.54, 1.807) is 0 Å². The number of aromatic nitrogens is 1. The minimum absolute atomic E-state index is 0.0933. The van der Waals surface area contributed by atoms with Gasteiger partial charge in [-0.2, -0.15) is 0 Å². The van der Waals surface area contributed by atoms with Crippen molar-refractivity contribution in [1.29, 1.82) is 0 Å². The molecule has 0 atom stereocenters. The summed E-state index contributed by atoms with van der Waals surface area (Å²) in [5.74, 6) is 2.34. The van der Waals surface area contributed by atoms with Crippen LogP contribution < -0.4 is 10.6 Å². The van der Waals surface area contributed by atoms with Gasteiger partial charge in [-0.15, -0.1) is 0 Å². The highest BCUT2D eigenvalue weighted by Crippen LogP contribution is 2.60. The van der Waals surface area contributed by atoms with Crippen LogP contribution in [0.3, 0.4) is 0 Å². The van der Waals surface area contributed by atoms with Crippen molar-refractivity contribution in [3.8, 4) is 0 Å². The highest BCUT2D eigenvalue weighted by Gasteiger charge is 2.54. The molecular weight excluding hydrogens is 346 g/mol. The summed E-state index contributed by atoms with van der Waals surface area (Å²) in [6.07, 6.45) is 7.17. The normalized spacial score (nSPS) is 32.0. The number of carbonyl (C=O) groups excluding carboxylic acids is 2. The van der Waals surface area contributed by atoms with Gasteiger partial charge in [0.05, 0.1) is 15.6 Å². The fraction of sp³-hybridized carbons (Fsp3) is 0.550. The van der Waals surface area contributed by atoms with Crippen LogP contribution >= 0.6 is 11.3 Å². The second-order valence-electron chi connectivity index (χ2n) is 8.53. The van der Waals surface area contributed by atoms with Crippen molar-refractivity contribution in [3.63, 3.8) is 0 Å². The second kappa shape index (κ2) is 5.78. The smallest absolute Gasteiger partial charge is 0.232 e. The topological polar surface area (TPSA) is 71.1 Å². The lowest BCUT2D eigenvalue weighted by atomic mass is 9.49. The summed E-state index contributed by atoms with van der Waals surface area (Å²) in [5.41, 5.74) is 1.45. The first-order chi connectivity index (χ1) is 12.5. The largest absolute Gasteiger partial charge is 0.326 e. The van der Waals surface area contributed by atoms with Crippen LogP contribution in [-0.2, 0) is 9.59 Å². The quantitative estimate of drug-likeness (QED) is 0.842. The highest BCUT2D eigenvalue weighted by molar-refractivity contribution is 7.22. The molecular formula is C20H23N3O2S. The molecule has 2 aromatic rings. The van der Waals surface area contributed by atoms with Gasteiger partial charge in [0.1, 0.15) is 0 Å². The van der Waals surface area contributed by atoms with Gasteiger partial charge in [-0.3, -0.25) is 9.59 Å². The Morgan fingerprint density at radius 2 is 1.73 bits per heavy atom. The number of nitrogens with one attached hydrogen (secondary N) is 2. The standard InChI is InChI=1S/C20H23N3O2S/c1-11(24)21-15-2-3-16-17(7-15)26-19(22-16)23-18(25)20-8-12-4-13(9-20)6-14(5-12)10-20/h2-3,7,12-14H,4-6,8-10H2,1H3,(H,21,24)(H,22,23,25). The summed E-state index contributed by atoms with van der Waals surface area (Å²) < 4.78 is 0.970. The van der Waals surface area contributed by atoms with Gasteiger partial charge >= 0.3 is 0 Å². The molecule has 136 valence electrons. The maximum atomic E-state index is 13.2. The fourth-order valence-corrected chi connectivity index (χ4v) is 6.78. The van der Waals surface area contributed by atoms with E-state index in [0.717, 1.165) is 52.9 Å². The molecule has 4 aliphatic rings. The summed E-state index contributed by atoms with van der Waals surface area (Å²) in [6.45, 7) is 1.49. The molecule has 0 aliphatic heterocycles. The van der Waals surface area contributed by atoms with Gasteiger partial charge in [0.2, 0.25) is 11.8 Å². The number of hydrogen-bond acceptors (Lipinski definition) is 4. The first-order valence-corrected chi connectivity index (χ1v) is 10.3. The number of rotatable bonds is 3. The van der Waals surface area contributed by atoms with Crippen LogP contribution in [0.4, 0.5) is 10.8 Å². The van der Waals surface area contributed by atoms with Crippen molar-refractivity contribution >= 4 is 44.2 Å². The van der Waals surface area contributed by atoms with Gasteiger partial charge in [-0.25, -0.2) is 4.98 Å². The second-order valence-corrected chi connectivity index (χ2v) is 9.57. The van der Waals surface area contributed by atoms with E-state index in [2.05, 4.69) is 15.6 Å². The third-order valence-electron chi connectivity index (χ3n) is 6.45. The van der Waals surface area contributed by atoms with Crippen molar-refractivity contribution in [2.24, 2.45) is 23.2 Å². The Balaban J connectivity index is 1.37. The predicted octanol–water partition coefficient (Wildman–Crippen LogP) is 4.41. The van der Waals surface area contributed by atoms with E-state index < -0.39 is 0 Å². The number of thiazole rings is 1. The zero-order valence-electron chi connectivity index (χ0n) is 14.9. The van der Waals surface area contributed by atoms with E-state index in [-0.39, 0.29) is 17.2 Å². The average molecular weight is 369 g/mol. The third kappa shape index (κ3) is 2.71. The van der Waals surface area contributed by atoms with Gasteiger partial charge in [0.15, 0.2) is 5.13 Å². The molecule has 4 fully saturated rings. The number of carbonyl (C=O) groups is 2. The molecule has 0 saturated heterocycles. The number of benzene rings is 1. The maximum absolute atomic E-state index is 13.2. The van der Waals surface area contributed by atoms with Crippen LogP contribution in [0, 0.1) is 23.2 Å². The molecule has 0 spiro atoms. The molecule has 2 N–H and O–H groups in total. The Hall–Kier alpha value is -1.95. The van der Waals surface area contributed by atoms with E-state index in [1.807, 2.05) is 18.2 Å². The maximum Gasteiger partial charge on any atom is 0.232 e. The highest BCUT2D eigenvalue weighted by atomic mass is 32.1. The molecule has 6 heteroatoms. The molecule has 4 saturated carbocycles. The Kier molecular flexibility index (Phi) is 3.61. The van der Waals surface area contributed by atoms with Crippen LogP contribution in [0.15, 0.2) is 18.2 Å². The summed E-state index contributed by atoms with van der Waals surface area (Å²) in [5, 5.41) is 6.59. The Morgan fingerprint density at radius 3 is 2.35 bits per heavy atom. The zero-order chi connectivity index (χ0) is 17.9. The Morgan fingerprint density at radius 1 is 1.08 bits per heavy atom. The van der Waals surface area contributed by atoms with Crippen molar-refractivity contribution < 1.29 is 9.59 Å². The number of hydrogen-bond donors (Lipinski definition) is 2. The summed E-state index contributed by atoms with van der Waals surface area (Å²) in [7, 11) is 0. The molecule has 5 nitrogen and oxygen atoms in total. The zero-order valence-corrected chi connectivity index (χ0v) is 15.7. The minimum atomic E-state index is -0.159. The number of amides is 2. The molecule has 1 aromatic heterocycles. The van der Waals surface area contributed by atoms with Gasteiger partial charge in [0, 0.05) is 12.6 Å². The number of anilines is 2. The van der Waals surface area contributed by atoms with E-state index in [1.165, 1.54) is 37.5 Å². The molecule has 0 radical (unpaired) electrons. The van der Waals surface area contributed by atoms with Gasteiger partial charge in [-0.05, 0) is 74.5 Å². The molecule has 2 amide bonds. The SMILES string of the molecule is CC(=O)Nc1ccc2nc(NC(=O)C34CC5CC(CC(C5)C3)C4)sc2c1. The summed E-state index contributed by atoms with van der Waals surface area (Å²) >= 11 is 1.48. The van der Waals surface area contributed by atoms with Crippen molar-refractivity contribution in [2.75, 3.05) is 10.6 Å². The van der Waals surface area contributed by atoms with Gasteiger partial charge in [0.25, 0.3) is 0 Å². The number of fused-ring (bicyclic) bond motifs is 1. The van der Waals surface area contributed by atoms with Crippen molar-refractivity contribution in [2.45, 2.75) is 45.4 Å². The van der Waals surface area contributed by atoms with E-state index in [0.29, 0.717) is 5.13 Å². The Labute approximate surface area is 156 Å². The van der Waals surface area contributed by atoms with Crippen molar-refractivity contribution in [1.82, 2.24) is 4.98 Å². The fourth-order valence-electron chi connectivity index (χ4n) is 5.88. The van der Waals surface area contributed by atoms with Crippen LogP contribution in [0.25, 0.3) is 10.2 Å². The van der Waals surface area contributed by atoms with Gasteiger partial charge in [-0.1, -0.05) is 11.3 Å². The molecule has 6 rings (SSSR count). The summed E-state index contributed by atoms with van der Waals surface area (Å²) in [4.78, 5) is 29.0.